The van der Waals surface area contributed by atoms with E-state index in [0.717, 1.165) is 18.4 Å². The van der Waals surface area contributed by atoms with Crippen molar-refractivity contribution in [1.29, 1.82) is 0 Å². The van der Waals surface area contributed by atoms with E-state index in [-0.39, 0.29) is 11.8 Å². The monoisotopic (exact) mass is 215 g/mol. The fraction of sp³-hybridized carbons (Fsp3) is 0.833. The lowest BCUT2D eigenvalue weighted by Gasteiger charge is -2.56. The summed E-state index contributed by atoms with van der Waals surface area (Å²) in [5.41, 5.74) is 6.25. The van der Waals surface area contributed by atoms with Crippen molar-refractivity contribution in [3.63, 3.8) is 0 Å². The van der Waals surface area contributed by atoms with Gasteiger partial charge in [-0.15, -0.1) is 0 Å². The predicted molar refractivity (Wildman–Crippen MR) is 56.7 cm³/mol. The van der Waals surface area contributed by atoms with Crippen molar-refractivity contribution in [2.75, 3.05) is 6.54 Å². The summed E-state index contributed by atoms with van der Waals surface area (Å²) in [5, 5.41) is 0. The molecule has 0 aromatic heterocycles. The number of halogens is 2. The van der Waals surface area contributed by atoms with E-state index in [2.05, 4.69) is 13.8 Å². The highest BCUT2D eigenvalue weighted by molar-refractivity contribution is 5.24. The SMILES string of the molecule is CC1(C)C2CC=C(CC(F)(F)CN)C1C2. The van der Waals surface area contributed by atoms with E-state index in [1.54, 1.807) is 0 Å². The summed E-state index contributed by atoms with van der Waals surface area (Å²) in [6.45, 7) is 3.85. The van der Waals surface area contributed by atoms with Gasteiger partial charge in [0.05, 0.1) is 6.54 Å². The van der Waals surface area contributed by atoms with Crippen molar-refractivity contribution >= 4 is 0 Å². The van der Waals surface area contributed by atoms with Crippen LogP contribution in [0.5, 0.6) is 0 Å². The maximum atomic E-state index is 13.2. The van der Waals surface area contributed by atoms with Crippen LogP contribution in [-0.2, 0) is 0 Å². The quantitative estimate of drug-likeness (QED) is 0.720. The van der Waals surface area contributed by atoms with E-state index < -0.39 is 12.5 Å². The standard InChI is InChI=1S/C12H19F2N/c1-11(2)9-4-3-8(10(11)5-9)6-12(13,14)7-15/h3,9-10H,4-7,15H2,1-2H3. The van der Waals surface area contributed by atoms with Gasteiger partial charge in [-0.1, -0.05) is 25.5 Å². The molecule has 2 N–H and O–H groups in total. The van der Waals surface area contributed by atoms with Crippen molar-refractivity contribution < 1.29 is 8.78 Å². The fourth-order valence-electron chi connectivity index (χ4n) is 3.05. The number of hydrogen-bond donors (Lipinski definition) is 1. The van der Waals surface area contributed by atoms with Crippen molar-refractivity contribution in [3.05, 3.63) is 11.6 Å². The molecule has 2 atom stereocenters. The van der Waals surface area contributed by atoms with Crippen LogP contribution in [0.25, 0.3) is 0 Å². The number of rotatable bonds is 3. The van der Waals surface area contributed by atoms with Crippen LogP contribution in [0, 0.1) is 17.3 Å². The first-order chi connectivity index (χ1) is 6.87. The second-order valence-corrected chi connectivity index (χ2v) is 5.56. The lowest BCUT2D eigenvalue weighted by molar-refractivity contribution is -0.0334. The first kappa shape index (κ1) is 11.1. The van der Waals surface area contributed by atoms with Gasteiger partial charge >= 0.3 is 0 Å². The molecule has 0 radical (unpaired) electrons. The number of fused-ring (bicyclic) bond motifs is 1. The van der Waals surface area contributed by atoms with Gasteiger partial charge in [-0.2, -0.15) is 0 Å². The second kappa shape index (κ2) is 3.27. The summed E-state index contributed by atoms with van der Waals surface area (Å²) in [6.07, 6.45) is 3.96. The van der Waals surface area contributed by atoms with Crippen molar-refractivity contribution in [3.8, 4) is 0 Å². The van der Waals surface area contributed by atoms with E-state index in [9.17, 15) is 8.78 Å². The normalized spacial score (nSPS) is 33.3. The summed E-state index contributed by atoms with van der Waals surface area (Å²) in [6, 6.07) is 0. The van der Waals surface area contributed by atoms with Crippen LogP contribution in [0.15, 0.2) is 11.6 Å². The molecular weight excluding hydrogens is 196 g/mol. The lowest BCUT2D eigenvalue weighted by atomic mass is 9.48. The molecule has 2 unspecified atom stereocenters. The van der Waals surface area contributed by atoms with Gasteiger partial charge in [-0.05, 0) is 30.1 Å². The predicted octanol–water partition coefficient (Wildman–Crippen LogP) is 2.96. The van der Waals surface area contributed by atoms with E-state index >= 15 is 0 Å². The van der Waals surface area contributed by atoms with Crippen molar-refractivity contribution in [2.24, 2.45) is 23.0 Å². The molecule has 3 aliphatic rings. The summed E-state index contributed by atoms with van der Waals surface area (Å²) in [4.78, 5) is 0. The largest absolute Gasteiger partial charge is 0.325 e. The number of hydrogen-bond acceptors (Lipinski definition) is 1. The van der Waals surface area contributed by atoms with Crippen LogP contribution in [0.1, 0.15) is 33.1 Å². The minimum atomic E-state index is -2.72. The van der Waals surface area contributed by atoms with E-state index in [0.29, 0.717) is 11.8 Å². The van der Waals surface area contributed by atoms with Gasteiger partial charge in [0.1, 0.15) is 0 Å². The number of nitrogens with two attached hydrogens (primary N) is 1. The molecule has 3 rings (SSSR count). The summed E-state index contributed by atoms with van der Waals surface area (Å²) < 4.78 is 26.4. The average molecular weight is 215 g/mol. The molecule has 1 fully saturated rings. The van der Waals surface area contributed by atoms with Gasteiger partial charge in [0.2, 0.25) is 0 Å². The van der Waals surface area contributed by atoms with E-state index in [1.807, 2.05) is 6.08 Å². The first-order valence-corrected chi connectivity index (χ1v) is 5.63. The van der Waals surface area contributed by atoms with Gasteiger partial charge in [-0.3, -0.25) is 0 Å². The maximum Gasteiger partial charge on any atom is 0.263 e. The Morgan fingerprint density at radius 2 is 2.20 bits per heavy atom. The highest BCUT2D eigenvalue weighted by atomic mass is 19.3. The Balaban J connectivity index is 2.09. The molecule has 3 aliphatic carbocycles. The Labute approximate surface area is 89.7 Å². The first-order valence-electron chi connectivity index (χ1n) is 5.63. The zero-order valence-corrected chi connectivity index (χ0v) is 9.39. The highest BCUT2D eigenvalue weighted by Gasteiger charge is 2.52. The number of allylic oxidation sites excluding steroid dienone is 2. The van der Waals surface area contributed by atoms with Crippen LogP contribution in [0.2, 0.25) is 0 Å². The summed E-state index contributed by atoms with van der Waals surface area (Å²) >= 11 is 0. The third-order valence-electron chi connectivity index (χ3n) is 4.34. The van der Waals surface area contributed by atoms with Crippen molar-refractivity contribution in [2.45, 2.75) is 39.0 Å². The topological polar surface area (TPSA) is 26.0 Å². The molecule has 1 nitrogen and oxygen atoms in total. The molecule has 15 heavy (non-hydrogen) atoms. The Bertz CT molecular complexity index is 294. The van der Waals surface area contributed by atoms with Crippen LogP contribution >= 0.6 is 0 Å². The minimum absolute atomic E-state index is 0.135. The average Bonchev–Trinajstić information content (AvgIpc) is 2.17. The van der Waals surface area contributed by atoms with Crippen LogP contribution in [0.3, 0.4) is 0 Å². The molecular formula is C12H19F2N. The molecule has 0 amide bonds. The van der Waals surface area contributed by atoms with Gasteiger partial charge in [0.25, 0.3) is 5.92 Å². The molecule has 0 spiro atoms. The second-order valence-electron chi connectivity index (χ2n) is 5.56. The molecule has 86 valence electrons. The Hall–Kier alpha value is -0.440. The zero-order chi connectivity index (χ0) is 11.3. The number of alkyl halides is 2. The molecule has 1 saturated carbocycles. The van der Waals surface area contributed by atoms with E-state index in [4.69, 9.17) is 5.73 Å². The van der Waals surface area contributed by atoms with E-state index in [1.165, 1.54) is 0 Å². The van der Waals surface area contributed by atoms with Crippen LogP contribution in [0.4, 0.5) is 8.78 Å². The van der Waals surface area contributed by atoms with Crippen molar-refractivity contribution in [1.82, 2.24) is 0 Å². The Kier molecular flexibility index (Phi) is 2.41. The molecule has 0 aromatic carbocycles. The Morgan fingerprint density at radius 3 is 2.67 bits per heavy atom. The minimum Gasteiger partial charge on any atom is -0.325 e. The maximum absolute atomic E-state index is 13.2. The smallest absolute Gasteiger partial charge is 0.263 e. The zero-order valence-electron chi connectivity index (χ0n) is 9.39. The fourth-order valence-corrected chi connectivity index (χ4v) is 3.05. The van der Waals surface area contributed by atoms with Gasteiger partial charge in [0.15, 0.2) is 0 Å². The molecule has 0 aromatic rings. The third-order valence-corrected chi connectivity index (χ3v) is 4.34. The molecule has 0 aliphatic heterocycles. The lowest BCUT2D eigenvalue weighted by Crippen LogP contribution is -2.49. The highest BCUT2D eigenvalue weighted by Crippen LogP contribution is 2.60. The van der Waals surface area contributed by atoms with Crippen LogP contribution < -0.4 is 5.73 Å². The van der Waals surface area contributed by atoms with Gasteiger partial charge < -0.3 is 5.73 Å². The van der Waals surface area contributed by atoms with Gasteiger partial charge in [0, 0.05) is 6.42 Å². The van der Waals surface area contributed by atoms with Crippen LogP contribution in [-0.4, -0.2) is 12.5 Å². The molecule has 0 heterocycles. The summed E-state index contributed by atoms with van der Waals surface area (Å²) in [5.74, 6) is -1.64. The third kappa shape index (κ3) is 1.71. The Morgan fingerprint density at radius 1 is 1.53 bits per heavy atom. The molecule has 0 saturated heterocycles. The van der Waals surface area contributed by atoms with Gasteiger partial charge in [-0.25, -0.2) is 8.78 Å². The molecule has 2 bridgehead atoms. The summed E-state index contributed by atoms with van der Waals surface area (Å²) in [7, 11) is 0. The molecule has 3 heteroatoms.